The summed E-state index contributed by atoms with van der Waals surface area (Å²) in [6.45, 7) is 2.25. The predicted molar refractivity (Wildman–Crippen MR) is 67.0 cm³/mol. The minimum absolute atomic E-state index is 0.0817. The van der Waals surface area contributed by atoms with E-state index < -0.39 is 23.6 Å². The van der Waals surface area contributed by atoms with Crippen molar-refractivity contribution >= 4 is 17.6 Å². The molecule has 2 rings (SSSR count). The van der Waals surface area contributed by atoms with E-state index in [4.69, 9.17) is 10.8 Å². The van der Waals surface area contributed by atoms with Crippen molar-refractivity contribution in [2.24, 2.45) is 11.8 Å². The van der Waals surface area contributed by atoms with E-state index in [1.165, 1.54) is 23.1 Å². The van der Waals surface area contributed by atoms with Crippen molar-refractivity contribution in [2.45, 2.75) is 6.92 Å². The van der Waals surface area contributed by atoms with E-state index in [1.807, 2.05) is 0 Å². The van der Waals surface area contributed by atoms with E-state index in [1.54, 1.807) is 6.92 Å². The molecule has 1 aliphatic heterocycles. The van der Waals surface area contributed by atoms with Gasteiger partial charge in [-0.25, -0.2) is 4.39 Å². The van der Waals surface area contributed by atoms with E-state index in [0.717, 1.165) is 0 Å². The maximum Gasteiger partial charge on any atom is 0.308 e. The average molecular weight is 266 g/mol. The summed E-state index contributed by atoms with van der Waals surface area (Å²) in [5.74, 6) is -2.70. The monoisotopic (exact) mass is 266 g/mol. The molecule has 1 aromatic carbocycles. The van der Waals surface area contributed by atoms with Crippen LogP contribution in [0.4, 0.5) is 10.1 Å². The Morgan fingerprint density at radius 3 is 2.68 bits per heavy atom. The maximum absolute atomic E-state index is 13.3. The number of para-hydroxylation sites is 1. The smallest absolute Gasteiger partial charge is 0.308 e. The molecule has 19 heavy (non-hydrogen) atoms. The van der Waals surface area contributed by atoms with Crippen LogP contribution in [0.25, 0.3) is 0 Å². The van der Waals surface area contributed by atoms with Crippen molar-refractivity contribution in [3.05, 3.63) is 29.6 Å². The van der Waals surface area contributed by atoms with Crippen molar-refractivity contribution in [1.29, 1.82) is 0 Å². The van der Waals surface area contributed by atoms with Crippen LogP contribution in [-0.4, -0.2) is 35.0 Å². The molecule has 6 heteroatoms. The topological polar surface area (TPSA) is 83.6 Å². The Balaban J connectivity index is 2.22. The number of amides is 1. The van der Waals surface area contributed by atoms with Gasteiger partial charge in [0.1, 0.15) is 5.82 Å². The normalized spacial score (nSPS) is 22.5. The van der Waals surface area contributed by atoms with E-state index in [9.17, 15) is 14.0 Å². The second kappa shape index (κ2) is 4.87. The van der Waals surface area contributed by atoms with Gasteiger partial charge in [0.25, 0.3) is 5.91 Å². The zero-order valence-electron chi connectivity index (χ0n) is 10.5. The number of likely N-dealkylation sites (tertiary alicyclic amines) is 1. The van der Waals surface area contributed by atoms with Crippen LogP contribution in [0.2, 0.25) is 0 Å². The van der Waals surface area contributed by atoms with Crippen LogP contribution in [0.1, 0.15) is 17.3 Å². The Morgan fingerprint density at radius 2 is 2.11 bits per heavy atom. The van der Waals surface area contributed by atoms with Crippen molar-refractivity contribution in [3.63, 3.8) is 0 Å². The molecular formula is C13H15FN2O3. The maximum atomic E-state index is 13.3. The Morgan fingerprint density at radius 1 is 1.42 bits per heavy atom. The summed E-state index contributed by atoms with van der Waals surface area (Å²) < 4.78 is 13.3. The molecule has 0 aromatic heterocycles. The number of carbonyl (C=O) groups excluding carboxylic acids is 1. The molecule has 1 aromatic rings. The fraction of sp³-hybridized carbons (Fsp3) is 0.385. The largest absolute Gasteiger partial charge is 0.481 e. The van der Waals surface area contributed by atoms with Crippen molar-refractivity contribution in [2.75, 3.05) is 18.8 Å². The summed E-state index contributed by atoms with van der Waals surface area (Å²) >= 11 is 0. The van der Waals surface area contributed by atoms with Gasteiger partial charge in [0.15, 0.2) is 0 Å². The number of carboxylic acids is 1. The van der Waals surface area contributed by atoms with Gasteiger partial charge in [0.2, 0.25) is 0 Å². The summed E-state index contributed by atoms with van der Waals surface area (Å²) in [5, 5.41) is 9.03. The first-order chi connectivity index (χ1) is 8.91. The second-order valence-corrected chi connectivity index (χ2v) is 4.83. The van der Waals surface area contributed by atoms with E-state index in [0.29, 0.717) is 6.54 Å². The molecule has 0 bridgehead atoms. The fourth-order valence-corrected chi connectivity index (χ4v) is 2.35. The fourth-order valence-electron chi connectivity index (χ4n) is 2.35. The number of carboxylic acid groups (broad SMARTS) is 1. The number of anilines is 1. The van der Waals surface area contributed by atoms with Crippen LogP contribution in [-0.2, 0) is 4.79 Å². The number of halogens is 1. The molecule has 1 fully saturated rings. The predicted octanol–water partition coefficient (Wildman–Crippen LogP) is 1.20. The molecule has 3 N–H and O–H groups in total. The van der Waals surface area contributed by atoms with Gasteiger partial charge < -0.3 is 15.7 Å². The lowest BCUT2D eigenvalue weighted by atomic mass is 9.99. The number of nitrogens with zero attached hydrogens (tertiary/aromatic N) is 1. The molecule has 0 saturated carbocycles. The molecule has 1 heterocycles. The molecule has 1 amide bonds. The zero-order valence-corrected chi connectivity index (χ0v) is 10.5. The van der Waals surface area contributed by atoms with Gasteiger partial charge in [0, 0.05) is 13.1 Å². The van der Waals surface area contributed by atoms with Crippen LogP contribution in [0.5, 0.6) is 0 Å². The second-order valence-electron chi connectivity index (χ2n) is 4.83. The van der Waals surface area contributed by atoms with Gasteiger partial charge in [-0.3, -0.25) is 9.59 Å². The Bertz CT molecular complexity index is 533. The SMILES string of the molecule is CC1CN(C(=O)c2cccc(F)c2N)CC1C(=O)O. The number of hydrogen-bond donors (Lipinski definition) is 2. The lowest BCUT2D eigenvalue weighted by Gasteiger charge is -2.17. The third kappa shape index (κ3) is 2.38. The van der Waals surface area contributed by atoms with Crippen LogP contribution in [0.3, 0.4) is 0 Å². The first-order valence-electron chi connectivity index (χ1n) is 5.98. The quantitative estimate of drug-likeness (QED) is 0.788. The number of nitrogens with two attached hydrogens (primary N) is 1. The summed E-state index contributed by atoms with van der Waals surface area (Å²) in [6, 6.07) is 4.03. The van der Waals surface area contributed by atoms with E-state index in [-0.39, 0.29) is 23.7 Å². The van der Waals surface area contributed by atoms with Gasteiger partial charge in [-0.2, -0.15) is 0 Å². The van der Waals surface area contributed by atoms with Crippen LogP contribution < -0.4 is 5.73 Å². The highest BCUT2D eigenvalue weighted by molar-refractivity contribution is 5.99. The van der Waals surface area contributed by atoms with Gasteiger partial charge in [0.05, 0.1) is 17.2 Å². The lowest BCUT2D eigenvalue weighted by molar-refractivity contribution is -0.142. The highest BCUT2D eigenvalue weighted by Gasteiger charge is 2.37. The first kappa shape index (κ1) is 13.3. The Hall–Kier alpha value is -2.11. The average Bonchev–Trinajstić information content (AvgIpc) is 2.74. The summed E-state index contributed by atoms with van der Waals surface area (Å²) in [4.78, 5) is 24.6. The molecule has 2 unspecified atom stereocenters. The highest BCUT2D eigenvalue weighted by atomic mass is 19.1. The van der Waals surface area contributed by atoms with Gasteiger partial charge in [-0.1, -0.05) is 13.0 Å². The number of hydrogen-bond acceptors (Lipinski definition) is 3. The molecule has 1 aliphatic rings. The third-order valence-electron chi connectivity index (χ3n) is 3.50. The van der Waals surface area contributed by atoms with Crippen LogP contribution in [0.15, 0.2) is 18.2 Å². The molecule has 0 radical (unpaired) electrons. The molecule has 2 atom stereocenters. The molecule has 102 valence electrons. The zero-order chi connectivity index (χ0) is 14.2. The van der Waals surface area contributed by atoms with Crippen molar-refractivity contribution in [3.8, 4) is 0 Å². The number of rotatable bonds is 2. The molecule has 5 nitrogen and oxygen atoms in total. The molecule has 0 aliphatic carbocycles. The Kier molecular flexibility index (Phi) is 3.42. The van der Waals surface area contributed by atoms with Crippen LogP contribution >= 0.6 is 0 Å². The van der Waals surface area contributed by atoms with Crippen LogP contribution in [0, 0.1) is 17.7 Å². The lowest BCUT2D eigenvalue weighted by Crippen LogP contribution is -2.30. The molecular weight excluding hydrogens is 251 g/mol. The number of aliphatic carboxylic acids is 1. The minimum Gasteiger partial charge on any atom is -0.481 e. The van der Waals surface area contributed by atoms with E-state index >= 15 is 0 Å². The summed E-state index contributed by atoms with van der Waals surface area (Å²) in [5.41, 5.74) is 5.43. The standard InChI is InChI=1S/C13H15FN2O3/c1-7-5-16(6-9(7)13(18)19)12(17)8-3-2-4-10(14)11(8)15/h2-4,7,9H,5-6,15H2,1H3,(H,18,19). The van der Waals surface area contributed by atoms with Crippen molar-refractivity contribution < 1.29 is 19.1 Å². The van der Waals surface area contributed by atoms with Crippen molar-refractivity contribution in [1.82, 2.24) is 4.90 Å². The Labute approximate surface area is 109 Å². The third-order valence-corrected chi connectivity index (χ3v) is 3.50. The highest BCUT2D eigenvalue weighted by Crippen LogP contribution is 2.26. The summed E-state index contributed by atoms with van der Waals surface area (Å²) in [7, 11) is 0. The van der Waals surface area contributed by atoms with Gasteiger partial charge in [-0.15, -0.1) is 0 Å². The number of nitrogen functional groups attached to an aromatic ring is 1. The van der Waals surface area contributed by atoms with Gasteiger partial charge >= 0.3 is 5.97 Å². The minimum atomic E-state index is -0.921. The first-order valence-corrected chi connectivity index (χ1v) is 5.98. The molecule has 0 spiro atoms. The van der Waals surface area contributed by atoms with Gasteiger partial charge in [-0.05, 0) is 18.1 Å². The number of benzene rings is 1. The van der Waals surface area contributed by atoms with E-state index in [2.05, 4.69) is 0 Å². The number of carbonyl (C=O) groups is 2. The molecule has 1 saturated heterocycles. The summed E-state index contributed by atoms with van der Waals surface area (Å²) in [6.07, 6.45) is 0.